The van der Waals surface area contributed by atoms with Crippen LogP contribution >= 0.6 is 0 Å². The van der Waals surface area contributed by atoms with Gasteiger partial charge in [-0.2, -0.15) is 0 Å². The molecule has 126 valence electrons. The summed E-state index contributed by atoms with van der Waals surface area (Å²) in [5.74, 6) is -0.205. The monoisotopic (exact) mass is 319 g/mol. The van der Waals surface area contributed by atoms with E-state index in [0.29, 0.717) is 6.54 Å². The molecule has 1 fully saturated rings. The average molecular weight is 319 g/mol. The Hall–Kier alpha value is -1.84. The van der Waals surface area contributed by atoms with Gasteiger partial charge >= 0.3 is 6.09 Å². The summed E-state index contributed by atoms with van der Waals surface area (Å²) in [6, 6.07) is 6.61. The minimum Gasteiger partial charge on any atom is -0.444 e. The first-order valence-corrected chi connectivity index (χ1v) is 8.24. The lowest BCUT2D eigenvalue weighted by atomic mass is 10.0. The Morgan fingerprint density at radius 1 is 1.22 bits per heavy atom. The Morgan fingerprint density at radius 2 is 1.91 bits per heavy atom. The number of likely N-dealkylation sites (tertiary alicyclic amines) is 1. The minimum absolute atomic E-state index is 0.205. The Labute approximate surface area is 138 Å². The number of carbonyl (C=O) groups excluding carboxylic acids is 1. The van der Waals surface area contributed by atoms with Crippen molar-refractivity contribution in [3.8, 4) is 0 Å². The average Bonchev–Trinajstić information content (AvgIpc) is 2.70. The first kappa shape index (κ1) is 17.5. The van der Waals surface area contributed by atoms with E-state index in [1.807, 2.05) is 32.9 Å². The van der Waals surface area contributed by atoms with E-state index in [-0.39, 0.29) is 11.9 Å². The summed E-state index contributed by atoms with van der Waals surface area (Å²) in [6.07, 6.45) is 5.63. The number of hydrogen-bond acceptors (Lipinski definition) is 2. The maximum atomic E-state index is 12.9. The smallest absolute Gasteiger partial charge is 0.410 e. The van der Waals surface area contributed by atoms with Crippen molar-refractivity contribution in [1.82, 2.24) is 4.90 Å². The lowest BCUT2D eigenvalue weighted by molar-refractivity contribution is 0.0258. The van der Waals surface area contributed by atoms with E-state index < -0.39 is 5.60 Å². The number of halogens is 1. The van der Waals surface area contributed by atoms with Crippen molar-refractivity contribution in [3.05, 3.63) is 47.3 Å². The van der Waals surface area contributed by atoms with Gasteiger partial charge in [0.25, 0.3) is 0 Å². The molecule has 1 amide bonds. The third-order valence-corrected chi connectivity index (χ3v) is 3.82. The van der Waals surface area contributed by atoms with E-state index in [1.165, 1.54) is 17.7 Å². The molecule has 1 saturated heterocycles. The Bertz CT molecular complexity index is 558. The van der Waals surface area contributed by atoms with Gasteiger partial charge in [0.2, 0.25) is 0 Å². The highest BCUT2D eigenvalue weighted by Crippen LogP contribution is 2.19. The van der Waals surface area contributed by atoms with Crippen LogP contribution in [0, 0.1) is 5.82 Å². The fourth-order valence-corrected chi connectivity index (χ4v) is 2.61. The Balaban J connectivity index is 1.89. The number of benzene rings is 1. The molecule has 3 nitrogen and oxygen atoms in total. The molecular formula is C19H26FNO2. The second-order valence-corrected chi connectivity index (χ2v) is 7.01. The largest absolute Gasteiger partial charge is 0.444 e. The van der Waals surface area contributed by atoms with Crippen LogP contribution in [0.3, 0.4) is 0 Å². The SMILES string of the molecule is CC(C)(C)OC(=O)N1CCC/C(=C/Cc2ccc(F)cc2)CC1. The number of nitrogens with zero attached hydrogens (tertiary/aromatic N) is 1. The van der Waals surface area contributed by atoms with Crippen LogP contribution in [0.1, 0.15) is 45.6 Å². The van der Waals surface area contributed by atoms with E-state index in [2.05, 4.69) is 6.08 Å². The van der Waals surface area contributed by atoms with Gasteiger partial charge in [-0.3, -0.25) is 0 Å². The van der Waals surface area contributed by atoms with Crippen molar-refractivity contribution in [1.29, 1.82) is 0 Å². The number of amides is 1. The standard InChI is InChI=1S/C19H26FNO2/c1-19(2,3)23-18(22)21-13-4-5-15(12-14-21)6-7-16-8-10-17(20)11-9-16/h6,8-11H,4-5,7,12-14H2,1-3H3/b15-6-. The summed E-state index contributed by atoms with van der Waals surface area (Å²) in [6.45, 7) is 7.09. The number of hydrogen-bond donors (Lipinski definition) is 0. The van der Waals surface area contributed by atoms with E-state index in [1.54, 1.807) is 4.90 Å². The van der Waals surface area contributed by atoms with Gasteiger partial charge in [-0.25, -0.2) is 9.18 Å². The van der Waals surface area contributed by atoms with Crippen LogP contribution in [0.25, 0.3) is 0 Å². The predicted molar refractivity (Wildman–Crippen MR) is 89.8 cm³/mol. The van der Waals surface area contributed by atoms with E-state index in [0.717, 1.165) is 37.8 Å². The molecule has 1 aliphatic rings. The van der Waals surface area contributed by atoms with Crippen molar-refractivity contribution in [3.63, 3.8) is 0 Å². The Kier molecular flexibility index (Phi) is 5.80. The summed E-state index contributed by atoms with van der Waals surface area (Å²) in [5, 5.41) is 0. The number of ether oxygens (including phenoxy) is 1. The Morgan fingerprint density at radius 3 is 2.57 bits per heavy atom. The van der Waals surface area contributed by atoms with E-state index in [9.17, 15) is 9.18 Å². The normalized spacial score (nSPS) is 17.9. The van der Waals surface area contributed by atoms with Crippen LogP contribution in [-0.4, -0.2) is 29.7 Å². The number of rotatable bonds is 2. The maximum Gasteiger partial charge on any atom is 0.410 e. The first-order chi connectivity index (χ1) is 10.8. The number of allylic oxidation sites excluding steroid dienone is 1. The van der Waals surface area contributed by atoms with Crippen molar-refractivity contribution in [2.75, 3.05) is 13.1 Å². The molecule has 2 rings (SSSR count). The zero-order chi connectivity index (χ0) is 16.9. The molecule has 0 radical (unpaired) electrons. The fourth-order valence-electron chi connectivity index (χ4n) is 2.61. The highest BCUT2D eigenvalue weighted by atomic mass is 19.1. The molecule has 1 aromatic rings. The molecule has 0 saturated carbocycles. The molecule has 0 aromatic heterocycles. The van der Waals surface area contributed by atoms with Gasteiger partial charge in [0.1, 0.15) is 11.4 Å². The summed E-state index contributed by atoms with van der Waals surface area (Å²) in [5.41, 5.74) is 2.01. The topological polar surface area (TPSA) is 29.5 Å². The molecule has 1 aromatic carbocycles. The van der Waals surface area contributed by atoms with E-state index in [4.69, 9.17) is 4.74 Å². The molecule has 0 bridgehead atoms. The van der Waals surface area contributed by atoms with E-state index >= 15 is 0 Å². The fraction of sp³-hybridized carbons (Fsp3) is 0.526. The third-order valence-electron chi connectivity index (χ3n) is 3.82. The second-order valence-electron chi connectivity index (χ2n) is 7.01. The molecule has 4 heteroatoms. The molecule has 0 spiro atoms. The van der Waals surface area contributed by atoms with Crippen molar-refractivity contribution in [2.24, 2.45) is 0 Å². The van der Waals surface area contributed by atoms with Crippen LogP contribution in [0.4, 0.5) is 9.18 Å². The molecule has 23 heavy (non-hydrogen) atoms. The molecular weight excluding hydrogens is 293 g/mol. The van der Waals surface area contributed by atoms with Crippen molar-refractivity contribution < 1.29 is 13.9 Å². The lowest BCUT2D eigenvalue weighted by Crippen LogP contribution is -2.37. The zero-order valence-electron chi connectivity index (χ0n) is 14.3. The van der Waals surface area contributed by atoms with Crippen LogP contribution in [0.5, 0.6) is 0 Å². The minimum atomic E-state index is -0.454. The molecule has 0 aliphatic carbocycles. The molecule has 0 N–H and O–H groups in total. The summed E-state index contributed by atoms with van der Waals surface area (Å²) < 4.78 is 18.3. The maximum absolute atomic E-state index is 12.9. The molecule has 0 atom stereocenters. The van der Waals surface area contributed by atoms with Gasteiger partial charge in [-0.1, -0.05) is 23.8 Å². The zero-order valence-corrected chi connectivity index (χ0v) is 14.3. The highest BCUT2D eigenvalue weighted by Gasteiger charge is 2.23. The highest BCUT2D eigenvalue weighted by molar-refractivity contribution is 5.68. The van der Waals surface area contributed by atoms with Crippen molar-refractivity contribution >= 4 is 6.09 Å². The van der Waals surface area contributed by atoms with Gasteiger partial charge in [0.05, 0.1) is 0 Å². The summed E-state index contributed by atoms with van der Waals surface area (Å²) in [7, 11) is 0. The molecule has 1 heterocycles. The van der Waals surface area contributed by atoms with Crippen LogP contribution in [-0.2, 0) is 11.2 Å². The molecule has 1 aliphatic heterocycles. The van der Waals surface area contributed by atoms with Crippen LogP contribution < -0.4 is 0 Å². The van der Waals surface area contributed by atoms with Gasteiger partial charge in [0, 0.05) is 13.1 Å². The number of carbonyl (C=O) groups is 1. The quantitative estimate of drug-likeness (QED) is 0.738. The van der Waals surface area contributed by atoms with Gasteiger partial charge in [-0.05, 0) is 64.2 Å². The van der Waals surface area contributed by atoms with Gasteiger partial charge in [-0.15, -0.1) is 0 Å². The van der Waals surface area contributed by atoms with Crippen LogP contribution in [0.2, 0.25) is 0 Å². The summed E-state index contributed by atoms with van der Waals surface area (Å²) in [4.78, 5) is 13.9. The van der Waals surface area contributed by atoms with Crippen LogP contribution in [0.15, 0.2) is 35.9 Å². The lowest BCUT2D eigenvalue weighted by Gasteiger charge is -2.26. The predicted octanol–water partition coefficient (Wildman–Crippen LogP) is 4.72. The first-order valence-electron chi connectivity index (χ1n) is 8.24. The van der Waals surface area contributed by atoms with Crippen molar-refractivity contribution in [2.45, 2.75) is 52.1 Å². The summed E-state index contributed by atoms with van der Waals surface area (Å²) >= 11 is 0. The third kappa shape index (κ3) is 6.05. The van der Waals surface area contributed by atoms with Gasteiger partial charge < -0.3 is 9.64 Å². The van der Waals surface area contributed by atoms with Gasteiger partial charge in [0.15, 0.2) is 0 Å². The molecule has 0 unspecified atom stereocenters. The second kappa shape index (κ2) is 7.62.